The molecule has 0 radical (unpaired) electrons. The zero-order valence-corrected chi connectivity index (χ0v) is 24.2. The Kier molecular flexibility index (Phi) is 11.3. The van der Waals surface area contributed by atoms with E-state index in [0.29, 0.717) is 32.6 Å². The predicted molar refractivity (Wildman–Crippen MR) is 118 cm³/mol. The van der Waals surface area contributed by atoms with Gasteiger partial charge < -0.3 is 26.3 Å². The molecule has 0 spiro atoms. The van der Waals surface area contributed by atoms with Gasteiger partial charge in [0.15, 0.2) is 0 Å². The Morgan fingerprint density at radius 3 is 2.40 bits per heavy atom. The summed E-state index contributed by atoms with van der Waals surface area (Å²) >= 11 is 3.50. The van der Waals surface area contributed by atoms with Crippen molar-refractivity contribution in [1.82, 2.24) is 15.1 Å². The molecule has 1 atom stereocenters. The average molecular weight is 704 g/mol. The summed E-state index contributed by atoms with van der Waals surface area (Å²) in [6, 6.07) is 5.81. The van der Waals surface area contributed by atoms with Gasteiger partial charge in [0, 0.05) is 17.6 Å². The predicted octanol–water partition coefficient (Wildman–Crippen LogP) is 5.09. The summed E-state index contributed by atoms with van der Waals surface area (Å²) in [7, 11) is 0. The van der Waals surface area contributed by atoms with Crippen molar-refractivity contribution < 1.29 is 45.4 Å². The normalized spacial score (nSPS) is 17.9. The first-order valence-corrected chi connectivity index (χ1v) is 10.8. The maximum Gasteiger partial charge on any atom is 2.00 e. The van der Waals surface area contributed by atoms with Crippen LogP contribution in [-0.4, -0.2) is 47.2 Å². The number of carbonyl (C=O) groups is 2. The van der Waals surface area contributed by atoms with E-state index in [1.807, 2.05) is 59.2 Å². The molecule has 1 unspecified atom stereocenters. The number of nitrogens with zero attached hydrogens (tertiary/aromatic N) is 2. The fraction of sp³-hybridized carbons (Fsp3) is 0.545. The second kappa shape index (κ2) is 12.4. The van der Waals surface area contributed by atoms with Gasteiger partial charge in [-0.05, 0) is 50.5 Å². The van der Waals surface area contributed by atoms with Gasteiger partial charge in [-0.1, -0.05) is 22.0 Å². The number of hydrogen-bond donors (Lipinski definition) is 1. The van der Waals surface area contributed by atoms with Crippen molar-refractivity contribution in [2.75, 3.05) is 19.6 Å². The molecule has 0 aromatic heterocycles. The Morgan fingerprint density at radius 2 is 1.87 bits per heavy atom. The summed E-state index contributed by atoms with van der Waals surface area (Å²) < 4.78 is 6.48. The van der Waals surface area contributed by atoms with E-state index in [0.717, 1.165) is 15.6 Å². The molecule has 3 amide bonds. The molecule has 1 N–H and O–H groups in total. The summed E-state index contributed by atoms with van der Waals surface area (Å²) in [4.78, 5) is 28.4. The number of urea groups is 1. The number of likely N-dealkylation sites (tertiary alicyclic amines) is 1. The van der Waals surface area contributed by atoms with Crippen LogP contribution in [0.3, 0.4) is 0 Å². The van der Waals surface area contributed by atoms with Gasteiger partial charge in [0.05, 0.1) is 6.04 Å². The van der Waals surface area contributed by atoms with Crippen LogP contribution < -0.4 is 5.32 Å². The first-order chi connectivity index (χ1) is 13.6. The Balaban J connectivity index is 0.00000106. The van der Waals surface area contributed by atoms with Crippen LogP contribution in [0, 0.1) is 44.0 Å². The van der Waals surface area contributed by atoms with Crippen LogP contribution in [0.1, 0.15) is 58.2 Å². The summed E-state index contributed by atoms with van der Waals surface area (Å²) in [5, 5.41) is 3.12. The van der Waals surface area contributed by atoms with Gasteiger partial charge in [-0.15, -0.1) is 13.1 Å². The number of halogens is 1. The third kappa shape index (κ3) is 8.09. The second-order valence-corrected chi connectivity index (χ2v) is 9.22. The standard InChI is InChI=1S/C19H25BrN3O3.C3H7.U/c1-19(2,3)26-18(25)23-10-7-16(21-17(24)22-8-4-9-22)15-6-5-14(20)11-13(15)12-23;1-3-2;/h4-6,11,16H,7-10,12H2,1-3H3,(H,21,24);3H,1-2H3;/q2*-1;+2. The van der Waals surface area contributed by atoms with E-state index in [1.165, 1.54) is 0 Å². The van der Waals surface area contributed by atoms with E-state index in [1.54, 1.807) is 9.80 Å². The van der Waals surface area contributed by atoms with Gasteiger partial charge >= 0.3 is 43.2 Å². The number of ether oxygens (including phenoxy) is 1. The monoisotopic (exact) mass is 703 g/mol. The largest absolute Gasteiger partial charge is 2.00 e. The minimum atomic E-state index is -0.537. The van der Waals surface area contributed by atoms with Crippen LogP contribution in [0.5, 0.6) is 0 Å². The van der Waals surface area contributed by atoms with E-state index < -0.39 is 5.60 Å². The summed E-state index contributed by atoms with van der Waals surface area (Å²) in [5.41, 5.74) is 1.53. The van der Waals surface area contributed by atoms with Gasteiger partial charge in [-0.3, -0.25) is 6.42 Å². The molecule has 2 aliphatic rings. The molecule has 8 heteroatoms. The molecule has 1 saturated heterocycles. The zero-order valence-electron chi connectivity index (χ0n) is 18.5. The molecule has 3 rings (SSSR count). The molecule has 1 aromatic carbocycles. The number of benzene rings is 1. The van der Waals surface area contributed by atoms with Crippen LogP contribution >= 0.6 is 15.9 Å². The van der Waals surface area contributed by atoms with Gasteiger partial charge in [0.25, 0.3) is 0 Å². The number of carbonyl (C=O) groups excluding carboxylic acids is 2. The average Bonchev–Trinajstić information content (AvgIpc) is 2.72. The smallest absolute Gasteiger partial charge is 0.444 e. The maximum atomic E-state index is 12.5. The van der Waals surface area contributed by atoms with Gasteiger partial charge in [-0.2, -0.15) is 13.8 Å². The van der Waals surface area contributed by atoms with Crippen LogP contribution in [0.25, 0.3) is 0 Å². The number of amides is 3. The summed E-state index contributed by atoms with van der Waals surface area (Å²) in [6.07, 6.45) is 4.38. The molecule has 1 aromatic rings. The van der Waals surface area contributed by atoms with E-state index in [4.69, 9.17) is 4.74 Å². The minimum absolute atomic E-state index is 0. The first kappa shape index (κ1) is 27.3. The fourth-order valence-electron chi connectivity index (χ4n) is 3.07. The summed E-state index contributed by atoms with van der Waals surface area (Å²) in [5.74, 6) is 0. The first-order valence-electron chi connectivity index (χ1n) is 10.0. The van der Waals surface area contributed by atoms with Gasteiger partial charge in [-0.25, -0.2) is 9.59 Å². The Morgan fingerprint density at radius 1 is 1.23 bits per heavy atom. The SMILES string of the molecule is CC(C)(C)OC(=O)N1CCC(NC(=O)N2C[CH-]C2)c2ccc(Br)cc2C1.C[CH-]C.[U+2]. The van der Waals surface area contributed by atoms with Crippen LogP contribution in [0.15, 0.2) is 22.7 Å². The Hall–Kier alpha value is -0.708. The molecule has 30 heavy (non-hydrogen) atoms. The maximum absolute atomic E-state index is 12.5. The van der Waals surface area contributed by atoms with Gasteiger partial charge in [0.2, 0.25) is 0 Å². The van der Waals surface area contributed by atoms with Crippen LogP contribution in [-0.2, 0) is 11.3 Å². The molecule has 0 saturated carbocycles. The van der Waals surface area contributed by atoms with Crippen molar-refractivity contribution in [1.29, 1.82) is 0 Å². The Labute approximate surface area is 213 Å². The second-order valence-electron chi connectivity index (χ2n) is 8.31. The van der Waals surface area contributed by atoms with Crippen molar-refractivity contribution in [3.05, 3.63) is 46.6 Å². The van der Waals surface area contributed by atoms with Gasteiger partial charge in [0.1, 0.15) is 5.60 Å². The number of nitrogens with one attached hydrogen (secondary N) is 1. The molecular weight excluding hydrogens is 672 g/mol. The topological polar surface area (TPSA) is 61.9 Å². The molecule has 164 valence electrons. The third-order valence-corrected chi connectivity index (χ3v) is 4.96. The number of fused-ring (bicyclic) bond motifs is 1. The van der Waals surface area contributed by atoms with Crippen molar-refractivity contribution in [3.63, 3.8) is 0 Å². The molecule has 1 fully saturated rings. The Bertz CT molecular complexity index is 720. The fourth-order valence-corrected chi connectivity index (χ4v) is 3.48. The van der Waals surface area contributed by atoms with Crippen molar-refractivity contribution in [3.8, 4) is 0 Å². The van der Waals surface area contributed by atoms with Crippen molar-refractivity contribution in [2.24, 2.45) is 0 Å². The van der Waals surface area contributed by atoms with Crippen molar-refractivity contribution >= 4 is 28.1 Å². The van der Waals surface area contributed by atoms with Crippen LogP contribution in [0.4, 0.5) is 9.59 Å². The van der Waals surface area contributed by atoms with E-state index >= 15 is 0 Å². The van der Waals surface area contributed by atoms with Crippen LogP contribution in [0.2, 0.25) is 0 Å². The van der Waals surface area contributed by atoms with E-state index in [-0.39, 0.29) is 49.3 Å². The van der Waals surface area contributed by atoms with E-state index in [2.05, 4.69) is 27.7 Å². The molecule has 2 heterocycles. The molecule has 0 bridgehead atoms. The molecular formula is C22H32BrN3O3U. The number of rotatable bonds is 1. The van der Waals surface area contributed by atoms with Crippen molar-refractivity contribution in [2.45, 2.75) is 59.2 Å². The summed E-state index contributed by atoms with van der Waals surface area (Å²) in [6.45, 7) is 12.0. The van der Waals surface area contributed by atoms with E-state index in [9.17, 15) is 9.59 Å². The number of hydrogen-bond acceptors (Lipinski definition) is 3. The molecule has 0 aliphatic carbocycles. The molecule has 6 nitrogen and oxygen atoms in total. The zero-order chi connectivity index (χ0) is 21.6. The quantitative estimate of drug-likeness (QED) is 0.415. The molecule has 2 aliphatic heterocycles. The minimum Gasteiger partial charge on any atom is -0.444 e. The third-order valence-electron chi connectivity index (χ3n) is 4.46.